The van der Waals surface area contributed by atoms with E-state index in [2.05, 4.69) is 10.2 Å². The van der Waals surface area contributed by atoms with Gasteiger partial charge < -0.3 is 19.9 Å². The van der Waals surface area contributed by atoms with Crippen LogP contribution in [0, 0.1) is 0 Å². The maximum Gasteiger partial charge on any atom is 0.291 e. The van der Waals surface area contributed by atoms with Crippen LogP contribution in [0.25, 0.3) is 6.08 Å². The summed E-state index contributed by atoms with van der Waals surface area (Å²) in [5.41, 5.74) is 3.12. The maximum atomic E-state index is 13.0. The van der Waals surface area contributed by atoms with E-state index in [0.29, 0.717) is 35.1 Å². The monoisotopic (exact) mass is 459 g/mol. The van der Waals surface area contributed by atoms with E-state index >= 15 is 0 Å². The number of carbonyl (C=O) groups is 2. The van der Waals surface area contributed by atoms with E-state index < -0.39 is 0 Å². The van der Waals surface area contributed by atoms with Crippen molar-refractivity contribution in [1.29, 1.82) is 0 Å². The first-order valence-corrected chi connectivity index (χ1v) is 11.1. The van der Waals surface area contributed by atoms with E-state index in [9.17, 15) is 9.59 Å². The normalized spacial score (nSPS) is 16.8. The highest BCUT2D eigenvalue weighted by molar-refractivity contribution is 6.30. The first kappa shape index (κ1) is 21.1. The van der Waals surface area contributed by atoms with Gasteiger partial charge in [0.15, 0.2) is 11.5 Å². The van der Waals surface area contributed by atoms with Crippen molar-refractivity contribution in [3.05, 3.63) is 94.7 Å². The number of ether oxygens (including phenoxy) is 1. The van der Waals surface area contributed by atoms with Crippen molar-refractivity contribution in [1.82, 2.24) is 4.90 Å². The molecule has 0 bridgehead atoms. The third-order valence-electron chi connectivity index (χ3n) is 5.77. The predicted octanol–water partition coefficient (Wildman–Crippen LogP) is 4.67. The second-order valence-corrected chi connectivity index (χ2v) is 8.38. The van der Waals surface area contributed by atoms with E-state index in [4.69, 9.17) is 16.3 Å². The number of nitrogens with zero attached hydrogens (tertiary/aromatic N) is 2. The van der Waals surface area contributed by atoms with Gasteiger partial charge in [0.1, 0.15) is 0 Å². The first-order chi connectivity index (χ1) is 16.1. The Bertz CT molecular complexity index is 1230. The second kappa shape index (κ2) is 9.00. The number of fused-ring (bicyclic) bond motifs is 1. The number of nitrogens with one attached hydrogen (secondary N) is 1. The number of piperazine rings is 1. The Morgan fingerprint density at radius 2 is 1.70 bits per heavy atom. The highest BCUT2D eigenvalue weighted by atomic mass is 35.5. The molecule has 0 aromatic heterocycles. The summed E-state index contributed by atoms with van der Waals surface area (Å²) in [6.45, 7) is 2.80. The average Bonchev–Trinajstić information content (AvgIpc) is 2.85. The lowest BCUT2D eigenvalue weighted by Crippen LogP contribution is -2.48. The molecular formula is C26H22ClN3O3. The van der Waals surface area contributed by atoms with Crippen LogP contribution in [0.3, 0.4) is 0 Å². The van der Waals surface area contributed by atoms with Gasteiger partial charge in [-0.25, -0.2) is 0 Å². The number of rotatable bonds is 3. The number of amides is 2. The van der Waals surface area contributed by atoms with Gasteiger partial charge in [-0.2, -0.15) is 0 Å². The number of hydrogen-bond acceptors (Lipinski definition) is 4. The van der Waals surface area contributed by atoms with Crippen LogP contribution in [0.2, 0.25) is 5.02 Å². The van der Waals surface area contributed by atoms with E-state index in [-0.39, 0.29) is 17.6 Å². The van der Waals surface area contributed by atoms with Crippen molar-refractivity contribution in [2.24, 2.45) is 0 Å². The number of para-hydroxylation sites is 2. The minimum atomic E-state index is -0.300. The van der Waals surface area contributed by atoms with Crippen molar-refractivity contribution in [3.8, 4) is 5.75 Å². The van der Waals surface area contributed by atoms with Gasteiger partial charge in [-0.15, -0.1) is 0 Å². The fraction of sp³-hybridized carbons (Fsp3) is 0.154. The van der Waals surface area contributed by atoms with E-state index in [1.807, 2.05) is 53.4 Å². The van der Waals surface area contributed by atoms with Gasteiger partial charge in [0.2, 0.25) is 0 Å². The zero-order valence-electron chi connectivity index (χ0n) is 17.8. The minimum absolute atomic E-state index is 0.000494. The lowest BCUT2D eigenvalue weighted by molar-refractivity contribution is -0.115. The average molecular weight is 460 g/mol. The van der Waals surface area contributed by atoms with Gasteiger partial charge in [-0.1, -0.05) is 41.9 Å². The van der Waals surface area contributed by atoms with Crippen LogP contribution in [0.15, 0.2) is 78.6 Å². The number of hydrogen-bond donors (Lipinski definition) is 1. The molecule has 6 nitrogen and oxygen atoms in total. The Morgan fingerprint density at radius 3 is 2.45 bits per heavy atom. The molecule has 0 aliphatic carbocycles. The molecule has 5 rings (SSSR count). The maximum absolute atomic E-state index is 13.0. The third-order valence-corrected chi connectivity index (χ3v) is 6.01. The molecule has 0 atom stereocenters. The standard InChI is InChI=1S/C26H22ClN3O3/c27-20-4-3-5-21(17-20)29-12-14-30(15-13-29)26(32)19-10-8-18(9-11-19)16-24-25(31)28-22-6-1-2-7-23(22)33-24/h1-11,16-17H,12-15H2,(H,28,31)/b24-16-. The summed E-state index contributed by atoms with van der Waals surface area (Å²) in [7, 11) is 0. The predicted molar refractivity (Wildman–Crippen MR) is 130 cm³/mol. The number of carbonyl (C=O) groups excluding carboxylic acids is 2. The van der Waals surface area contributed by atoms with Crippen molar-refractivity contribution >= 4 is 40.9 Å². The molecule has 0 saturated carbocycles. The minimum Gasteiger partial charge on any atom is -0.449 e. The molecule has 2 heterocycles. The summed E-state index contributed by atoms with van der Waals surface area (Å²) in [5, 5.41) is 3.53. The van der Waals surface area contributed by atoms with Gasteiger partial charge in [-0.05, 0) is 54.1 Å². The molecule has 2 aliphatic rings. The molecule has 166 valence electrons. The molecule has 0 spiro atoms. The largest absolute Gasteiger partial charge is 0.449 e. The van der Waals surface area contributed by atoms with E-state index in [0.717, 1.165) is 24.3 Å². The van der Waals surface area contributed by atoms with Crippen LogP contribution in [0.4, 0.5) is 11.4 Å². The first-order valence-electron chi connectivity index (χ1n) is 10.8. The van der Waals surface area contributed by atoms with Crippen LogP contribution < -0.4 is 15.0 Å². The van der Waals surface area contributed by atoms with Gasteiger partial charge in [-0.3, -0.25) is 9.59 Å². The topological polar surface area (TPSA) is 61.9 Å². The fourth-order valence-electron chi connectivity index (χ4n) is 4.00. The molecule has 0 unspecified atom stereocenters. The fourth-order valence-corrected chi connectivity index (χ4v) is 4.18. The van der Waals surface area contributed by atoms with E-state index in [1.54, 1.807) is 30.3 Å². The number of halogens is 1. The lowest BCUT2D eigenvalue weighted by Gasteiger charge is -2.36. The molecule has 1 fully saturated rings. The Morgan fingerprint density at radius 1 is 0.939 bits per heavy atom. The lowest BCUT2D eigenvalue weighted by atomic mass is 10.1. The molecule has 7 heteroatoms. The highest BCUT2D eigenvalue weighted by Gasteiger charge is 2.23. The molecule has 2 aliphatic heterocycles. The Kier molecular flexibility index (Phi) is 5.75. The van der Waals surface area contributed by atoms with Crippen LogP contribution >= 0.6 is 11.6 Å². The summed E-state index contributed by atoms with van der Waals surface area (Å²) in [6, 6.07) is 22.3. The molecule has 1 N–H and O–H groups in total. The van der Waals surface area contributed by atoms with Crippen molar-refractivity contribution in [2.75, 3.05) is 36.4 Å². The summed E-state index contributed by atoms with van der Waals surface area (Å²) in [6.07, 6.45) is 1.67. The van der Waals surface area contributed by atoms with Gasteiger partial charge in [0.25, 0.3) is 11.8 Å². The van der Waals surface area contributed by atoms with Crippen LogP contribution in [-0.2, 0) is 4.79 Å². The Balaban J connectivity index is 1.23. The molecule has 3 aromatic rings. The zero-order chi connectivity index (χ0) is 22.8. The highest BCUT2D eigenvalue weighted by Crippen LogP contribution is 2.31. The Labute approximate surface area is 197 Å². The number of benzene rings is 3. The van der Waals surface area contributed by atoms with Gasteiger partial charge in [0.05, 0.1) is 5.69 Å². The van der Waals surface area contributed by atoms with Crippen LogP contribution in [0.5, 0.6) is 5.75 Å². The molecular weight excluding hydrogens is 438 g/mol. The van der Waals surface area contributed by atoms with Crippen LogP contribution in [-0.4, -0.2) is 42.9 Å². The molecule has 2 amide bonds. The van der Waals surface area contributed by atoms with Crippen molar-refractivity contribution in [3.63, 3.8) is 0 Å². The summed E-state index contributed by atoms with van der Waals surface area (Å²) in [5.74, 6) is 0.518. The Hall–Kier alpha value is -3.77. The zero-order valence-corrected chi connectivity index (χ0v) is 18.6. The SMILES string of the molecule is O=C1Nc2ccccc2O/C1=C\c1ccc(C(=O)N2CCN(c3cccc(Cl)c3)CC2)cc1. The quantitative estimate of drug-likeness (QED) is 0.578. The molecule has 33 heavy (non-hydrogen) atoms. The van der Waals surface area contributed by atoms with Crippen molar-refractivity contribution in [2.45, 2.75) is 0 Å². The van der Waals surface area contributed by atoms with Crippen LogP contribution in [0.1, 0.15) is 15.9 Å². The number of anilines is 2. The van der Waals surface area contributed by atoms with Gasteiger partial charge >= 0.3 is 0 Å². The van der Waals surface area contributed by atoms with E-state index in [1.165, 1.54) is 0 Å². The summed E-state index contributed by atoms with van der Waals surface area (Å²) < 4.78 is 5.74. The molecule has 3 aromatic carbocycles. The third kappa shape index (κ3) is 4.56. The van der Waals surface area contributed by atoms with Gasteiger partial charge in [0, 0.05) is 42.5 Å². The summed E-state index contributed by atoms with van der Waals surface area (Å²) >= 11 is 6.10. The second-order valence-electron chi connectivity index (χ2n) is 7.94. The smallest absolute Gasteiger partial charge is 0.291 e. The summed E-state index contributed by atoms with van der Waals surface area (Å²) in [4.78, 5) is 29.4. The molecule has 0 radical (unpaired) electrons. The molecule has 1 saturated heterocycles. The van der Waals surface area contributed by atoms with Crippen molar-refractivity contribution < 1.29 is 14.3 Å².